The maximum Gasteiger partial charge on any atom is 0.311 e. The number of benzene rings is 1. The van der Waals surface area contributed by atoms with Crippen molar-refractivity contribution in [3.63, 3.8) is 0 Å². The summed E-state index contributed by atoms with van der Waals surface area (Å²) in [6, 6.07) is 5.60. The molecule has 4 heteroatoms. The highest BCUT2D eigenvalue weighted by Crippen LogP contribution is 2.29. The van der Waals surface area contributed by atoms with E-state index in [0.717, 1.165) is 23.1 Å². The number of H-pyrrole nitrogens is 1. The Morgan fingerprint density at radius 2 is 2.24 bits per heavy atom. The lowest BCUT2D eigenvalue weighted by Gasteiger charge is -2.03. The van der Waals surface area contributed by atoms with Gasteiger partial charge < -0.3 is 14.5 Å². The van der Waals surface area contributed by atoms with Crippen LogP contribution in [0.15, 0.2) is 24.4 Å². The number of aromatic amines is 1. The molecule has 0 aliphatic rings. The third-order valence-electron chi connectivity index (χ3n) is 2.53. The van der Waals surface area contributed by atoms with Crippen LogP contribution in [-0.2, 0) is 4.79 Å². The molecule has 17 heavy (non-hydrogen) atoms. The zero-order valence-corrected chi connectivity index (χ0v) is 9.95. The molecule has 0 amide bonds. The van der Waals surface area contributed by atoms with Gasteiger partial charge in [0.2, 0.25) is 0 Å². The highest BCUT2D eigenvalue weighted by atomic mass is 16.5. The molecule has 1 aromatic carbocycles. The Morgan fingerprint density at radius 3 is 2.94 bits per heavy atom. The van der Waals surface area contributed by atoms with Crippen LogP contribution in [0.3, 0.4) is 0 Å². The topological polar surface area (TPSA) is 51.3 Å². The van der Waals surface area contributed by atoms with Crippen LogP contribution in [0.1, 0.15) is 19.8 Å². The van der Waals surface area contributed by atoms with Crippen LogP contribution in [0.2, 0.25) is 0 Å². The fourth-order valence-electron chi connectivity index (χ4n) is 1.66. The predicted molar refractivity (Wildman–Crippen MR) is 65.4 cm³/mol. The Bertz CT molecular complexity index is 530. The van der Waals surface area contributed by atoms with Gasteiger partial charge in [-0.25, -0.2) is 0 Å². The fraction of sp³-hybridized carbons (Fsp3) is 0.308. The lowest BCUT2D eigenvalue weighted by Crippen LogP contribution is -2.06. The second kappa shape index (κ2) is 4.91. The van der Waals surface area contributed by atoms with Gasteiger partial charge in [0.15, 0.2) is 5.75 Å². The van der Waals surface area contributed by atoms with E-state index >= 15 is 0 Å². The van der Waals surface area contributed by atoms with E-state index in [4.69, 9.17) is 9.47 Å². The van der Waals surface area contributed by atoms with E-state index in [1.165, 1.54) is 0 Å². The monoisotopic (exact) mass is 233 g/mol. The van der Waals surface area contributed by atoms with Gasteiger partial charge in [-0.15, -0.1) is 0 Å². The molecule has 0 fully saturated rings. The molecular weight excluding hydrogens is 218 g/mol. The summed E-state index contributed by atoms with van der Waals surface area (Å²) < 4.78 is 10.4. The first-order valence-corrected chi connectivity index (χ1v) is 5.60. The molecular formula is C13H15NO3. The Hall–Kier alpha value is -1.97. The summed E-state index contributed by atoms with van der Waals surface area (Å²) in [5.41, 5.74) is 0.921. The zero-order chi connectivity index (χ0) is 12.3. The number of hydrogen-bond acceptors (Lipinski definition) is 3. The quantitative estimate of drug-likeness (QED) is 0.826. The standard InChI is InChI=1S/C13H15NO3/c1-3-4-13(15)17-12-8-14-11-6-5-9(16-2)7-10(11)12/h5-8,14H,3-4H2,1-2H3. The highest BCUT2D eigenvalue weighted by molar-refractivity contribution is 5.89. The van der Waals surface area contributed by atoms with Crippen molar-refractivity contribution in [2.45, 2.75) is 19.8 Å². The molecule has 0 aliphatic carbocycles. The number of carbonyl (C=O) groups is 1. The lowest BCUT2D eigenvalue weighted by atomic mass is 10.2. The molecule has 90 valence electrons. The van der Waals surface area contributed by atoms with Gasteiger partial charge in [0.1, 0.15) is 5.75 Å². The normalized spacial score (nSPS) is 10.5. The van der Waals surface area contributed by atoms with Crippen LogP contribution in [0.25, 0.3) is 10.9 Å². The summed E-state index contributed by atoms with van der Waals surface area (Å²) in [5, 5.41) is 0.855. The Labute approximate surface area is 99.5 Å². The molecule has 2 aromatic rings. The van der Waals surface area contributed by atoms with Gasteiger partial charge >= 0.3 is 5.97 Å². The van der Waals surface area contributed by atoms with E-state index in [-0.39, 0.29) is 5.97 Å². The number of hydrogen-bond donors (Lipinski definition) is 1. The molecule has 1 N–H and O–H groups in total. The third kappa shape index (κ3) is 2.41. The van der Waals surface area contributed by atoms with E-state index in [1.54, 1.807) is 13.3 Å². The number of fused-ring (bicyclic) bond motifs is 1. The number of aromatic nitrogens is 1. The van der Waals surface area contributed by atoms with Gasteiger partial charge in [0, 0.05) is 23.5 Å². The van der Waals surface area contributed by atoms with E-state index in [1.807, 2.05) is 25.1 Å². The zero-order valence-electron chi connectivity index (χ0n) is 9.95. The average molecular weight is 233 g/mol. The summed E-state index contributed by atoms with van der Waals surface area (Å²) in [4.78, 5) is 14.5. The SMILES string of the molecule is CCCC(=O)Oc1c[nH]c2ccc(OC)cc12. The van der Waals surface area contributed by atoms with Crippen LogP contribution in [0.5, 0.6) is 11.5 Å². The second-order valence-corrected chi connectivity index (χ2v) is 3.79. The average Bonchev–Trinajstić information content (AvgIpc) is 2.72. The summed E-state index contributed by atoms with van der Waals surface area (Å²) in [5.74, 6) is 1.08. The summed E-state index contributed by atoms with van der Waals surface area (Å²) >= 11 is 0. The number of nitrogens with one attached hydrogen (secondary N) is 1. The smallest absolute Gasteiger partial charge is 0.311 e. The number of carbonyl (C=O) groups excluding carboxylic acids is 1. The van der Waals surface area contributed by atoms with E-state index in [9.17, 15) is 4.79 Å². The van der Waals surface area contributed by atoms with Crippen LogP contribution in [0, 0.1) is 0 Å². The molecule has 1 aromatic heterocycles. The van der Waals surface area contributed by atoms with Crippen molar-refractivity contribution >= 4 is 16.9 Å². The van der Waals surface area contributed by atoms with Crippen LogP contribution < -0.4 is 9.47 Å². The van der Waals surface area contributed by atoms with E-state index in [2.05, 4.69) is 4.98 Å². The fourth-order valence-corrected chi connectivity index (χ4v) is 1.66. The van der Waals surface area contributed by atoms with Gasteiger partial charge in [-0.1, -0.05) is 6.92 Å². The number of esters is 1. The first kappa shape index (κ1) is 11.5. The lowest BCUT2D eigenvalue weighted by molar-refractivity contribution is -0.134. The largest absolute Gasteiger partial charge is 0.497 e. The maximum atomic E-state index is 11.4. The summed E-state index contributed by atoms with van der Waals surface area (Å²) in [7, 11) is 1.61. The molecule has 0 spiro atoms. The van der Waals surface area contributed by atoms with Crippen molar-refractivity contribution in [3.8, 4) is 11.5 Å². The second-order valence-electron chi connectivity index (χ2n) is 3.79. The van der Waals surface area contributed by atoms with Gasteiger partial charge in [-0.2, -0.15) is 0 Å². The molecule has 0 unspecified atom stereocenters. The minimum absolute atomic E-state index is 0.212. The Kier molecular flexibility index (Phi) is 3.32. The van der Waals surface area contributed by atoms with Gasteiger partial charge in [0.05, 0.1) is 7.11 Å². The predicted octanol–water partition coefficient (Wildman–Crippen LogP) is 2.88. The third-order valence-corrected chi connectivity index (χ3v) is 2.53. The van der Waals surface area contributed by atoms with E-state index < -0.39 is 0 Å². The molecule has 0 saturated heterocycles. The summed E-state index contributed by atoms with van der Waals surface area (Å²) in [6.45, 7) is 1.94. The number of methoxy groups -OCH3 is 1. The molecule has 0 aliphatic heterocycles. The Balaban J connectivity index is 2.30. The molecule has 0 atom stereocenters. The van der Waals surface area contributed by atoms with Gasteiger partial charge in [-0.3, -0.25) is 4.79 Å². The van der Waals surface area contributed by atoms with Crippen molar-refractivity contribution in [3.05, 3.63) is 24.4 Å². The summed E-state index contributed by atoms with van der Waals surface area (Å²) in [6.07, 6.45) is 2.90. The van der Waals surface area contributed by atoms with Crippen LogP contribution in [-0.4, -0.2) is 18.1 Å². The first-order chi connectivity index (χ1) is 8.24. The Morgan fingerprint density at radius 1 is 1.41 bits per heavy atom. The van der Waals surface area contributed by atoms with E-state index in [0.29, 0.717) is 12.2 Å². The molecule has 4 nitrogen and oxygen atoms in total. The van der Waals surface area contributed by atoms with Gasteiger partial charge in [-0.05, 0) is 24.6 Å². The molecule has 2 rings (SSSR count). The maximum absolute atomic E-state index is 11.4. The van der Waals surface area contributed by atoms with Gasteiger partial charge in [0.25, 0.3) is 0 Å². The van der Waals surface area contributed by atoms with Crippen molar-refractivity contribution in [1.29, 1.82) is 0 Å². The number of ether oxygens (including phenoxy) is 2. The molecule has 1 heterocycles. The van der Waals surface area contributed by atoms with Crippen LogP contribution in [0.4, 0.5) is 0 Å². The minimum Gasteiger partial charge on any atom is -0.497 e. The first-order valence-electron chi connectivity index (χ1n) is 5.60. The van der Waals surface area contributed by atoms with Crippen molar-refractivity contribution in [2.24, 2.45) is 0 Å². The molecule has 0 saturated carbocycles. The van der Waals surface area contributed by atoms with Crippen molar-refractivity contribution in [2.75, 3.05) is 7.11 Å². The van der Waals surface area contributed by atoms with Crippen molar-refractivity contribution < 1.29 is 14.3 Å². The minimum atomic E-state index is -0.212. The van der Waals surface area contributed by atoms with Crippen molar-refractivity contribution in [1.82, 2.24) is 4.98 Å². The molecule has 0 bridgehead atoms. The van der Waals surface area contributed by atoms with Crippen LogP contribution >= 0.6 is 0 Å². The number of rotatable bonds is 4. The molecule has 0 radical (unpaired) electrons. The highest BCUT2D eigenvalue weighted by Gasteiger charge is 2.09.